The Balaban J connectivity index is 2.08. The number of fused-ring (bicyclic) bond motifs is 1. The van der Waals surface area contributed by atoms with Gasteiger partial charge in [0.2, 0.25) is 0 Å². The zero-order chi connectivity index (χ0) is 19.6. The molecule has 0 bridgehead atoms. The summed E-state index contributed by atoms with van der Waals surface area (Å²) in [6.07, 6.45) is 5.47. The van der Waals surface area contributed by atoms with Crippen molar-refractivity contribution in [2.75, 3.05) is 19.0 Å². The molecule has 1 aromatic carbocycles. The number of amides is 1. The van der Waals surface area contributed by atoms with Crippen LogP contribution in [0.3, 0.4) is 0 Å². The molecule has 1 aromatic heterocycles. The van der Waals surface area contributed by atoms with Crippen molar-refractivity contribution in [1.82, 2.24) is 4.57 Å². The second-order valence-electron chi connectivity index (χ2n) is 6.43. The second kappa shape index (κ2) is 7.38. The zero-order valence-corrected chi connectivity index (χ0v) is 15.2. The highest BCUT2D eigenvalue weighted by molar-refractivity contribution is 6.05. The third-order valence-electron chi connectivity index (χ3n) is 4.80. The maximum absolute atomic E-state index is 12.5. The summed E-state index contributed by atoms with van der Waals surface area (Å²) in [5.41, 5.74) is -0.680. The number of pyridine rings is 1. The van der Waals surface area contributed by atoms with Gasteiger partial charge in [0.25, 0.3) is 11.5 Å². The number of methoxy groups -OCH3 is 1. The van der Waals surface area contributed by atoms with Crippen molar-refractivity contribution in [2.45, 2.75) is 18.9 Å². The van der Waals surface area contributed by atoms with Crippen LogP contribution in [-0.4, -0.2) is 34.4 Å². The lowest BCUT2D eigenvalue weighted by atomic mass is 9.82. The topological polar surface area (TPSA) is 101 Å². The summed E-state index contributed by atoms with van der Waals surface area (Å²) in [7, 11) is 1.42. The number of aliphatic hydroxyl groups excluding tert-OH is 1. The van der Waals surface area contributed by atoms with Gasteiger partial charge in [-0.2, -0.15) is 0 Å². The van der Waals surface area contributed by atoms with E-state index in [1.165, 1.54) is 11.7 Å². The van der Waals surface area contributed by atoms with Crippen molar-refractivity contribution in [3.63, 3.8) is 0 Å². The van der Waals surface area contributed by atoms with Crippen LogP contribution in [0.15, 0.2) is 53.5 Å². The summed E-state index contributed by atoms with van der Waals surface area (Å²) in [5.74, 6) is -0.848. The summed E-state index contributed by atoms with van der Waals surface area (Å²) in [4.78, 5) is 25.0. The number of aliphatic hydroxyl groups is 2. The highest BCUT2D eigenvalue weighted by atomic mass is 16.5. The summed E-state index contributed by atoms with van der Waals surface area (Å²) in [5, 5.41) is 22.8. The van der Waals surface area contributed by atoms with Gasteiger partial charge >= 0.3 is 0 Å². The molecule has 3 N–H and O–H groups in total. The Morgan fingerprint density at radius 2 is 2.11 bits per heavy atom. The van der Waals surface area contributed by atoms with Crippen LogP contribution >= 0.6 is 0 Å². The molecular formula is C20H22N2O5. The lowest BCUT2D eigenvalue weighted by molar-refractivity contribution is -0.137. The Kier molecular flexibility index (Phi) is 5.16. The monoisotopic (exact) mass is 370 g/mol. The average Bonchev–Trinajstić information content (AvgIpc) is 2.93. The fraction of sp³-hybridized carbons (Fsp3) is 0.300. The van der Waals surface area contributed by atoms with Crippen LogP contribution in [0.2, 0.25) is 0 Å². The molecule has 2 heterocycles. The van der Waals surface area contributed by atoms with Gasteiger partial charge in [0.05, 0.1) is 7.11 Å². The Morgan fingerprint density at radius 1 is 1.33 bits per heavy atom. The maximum Gasteiger partial charge on any atom is 0.297 e. The third-order valence-corrected chi connectivity index (χ3v) is 4.80. The number of ether oxygens (including phenoxy) is 1. The first-order valence-electron chi connectivity index (χ1n) is 8.65. The molecule has 27 heavy (non-hydrogen) atoms. The van der Waals surface area contributed by atoms with E-state index in [9.17, 15) is 14.7 Å². The molecule has 0 spiro atoms. The van der Waals surface area contributed by atoms with Gasteiger partial charge in [-0.15, -0.1) is 0 Å². The Hall–Kier alpha value is -2.90. The number of rotatable bonds is 6. The summed E-state index contributed by atoms with van der Waals surface area (Å²) in [6, 6.07) is 8.24. The molecule has 3 rings (SSSR count). The van der Waals surface area contributed by atoms with Crippen molar-refractivity contribution < 1.29 is 19.7 Å². The van der Waals surface area contributed by atoms with Crippen LogP contribution in [0, 0.1) is 5.92 Å². The molecule has 1 aliphatic rings. The fourth-order valence-corrected chi connectivity index (χ4v) is 3.25. The fourth-order valence-electron chi connectivity index (χ4n) is 3.25. The molecule has 1 amide bonds. The Bertz CT molecular complexity index is 950. The lowest BCUT2D eigenvalue weighted by Crippen LogP contribution is -2.39. The number of benzene rings is 1. The third kappa shape index (κ3) is 3.15. The first kappa shape index (κ1) is 18.9. The van der Waals surface area contributed by atoms with Crippen molar-refractivity contribution in [3.05, 3.63) is 64.6 Å². The SMILES string of the molecule is COc1cccn(-c2ccc3c(c2)[C@@](O)([C@H](C)/C=C/CCO)C(=O)N3)c1=O. The van der Waals surface area contributed by atoms with Gasteiger partial charge in [-0.3, -0.25) is 14.2 Å². The molecule has 2 atom stereocenters. The lowest BCUT2D eigenvalue weighted by Gasteiger charge is -2.26. The minimum absolute atomic E-state index is 0.00661. The number of aromatic nitrogens is 1. The Morgan fingerprint density at radius 3 is 2.81 bits per heavy atom. The van der Waals surface area contributed by atoms with Gasteiger partial charge in [-0.1, -0.05) is 19.1 Å². The first-order valence-corrected chi connectivity index (χ1v) is 8.65. The largest absolute Gasteiger partial charge is 0.491 e. The molecular weight excluding hydrogens is 348 g/mol. The van der Waals surface area contributed by atoms with Crippen molar-refractivity contribution in [3.8, 4) is 11.4 Å². The van der Waals surface area contributed by atoms with E-state index in [0.29, 0.717) is 23.4 Å². The van der Waals surface area contributed by atoms with Gasteiger partial charge in [-0.25, -0.2) is 0 Å². The van der Waals surface area contributed by atoms with Gasteiger partial charge in [0.1, 0.15) is 0 Å². The van der Waals surface area contributed by atoms with Crippen LogP contribution in [0.1, 0.15) is 18.9 Å². The average molecular weight is 370 g/mol. The molecule has 0 fully saturated rings. The predicted octanol–water partition coefficient (Wildman–Crippen LogP) is 1.56. The van der Waals surface area contributed by atoms with Crippen molar-refractivity contribution in [2.24, 2.45) is 5.92 Å². The highest BCUT2D eigenvalue weighted by Crippen LogP contribution is 2.42. The van der Waals surface area contributed by atoms with Crippen LogP contribution in [-0.2, 0) is 10.4 Å². The van der Waals surface area contributed by atoms with E-state index < -0.39 is 17.4 Å². The molecule has 0 saturated heterocycles. The Labute approximate surface area is 156 Å². The van der Waals surface area contributed by atoms with E-state index in [2.05, 4.69) is 5.32 Å². The van der Waals surface area contributed by atoms with E-state index in [-0.39, 0.29) is 17.9 Å². The summed E-state index contributed by atoms with van der Waals surface area (Å²) in [6.45, 7) is 1.72. The van der Waals surface area contributed by atoms with Crippen LogP contribution in [0.5, 0.6) is 5.75 Å². The summed E-state index contributed by atoms with van der Waals surface area (Å²) < 4.78 is 6.47. The molecule has 7 nitrogen and oxygen atoms in total. The standard InChI is InChI=1S/C20H22N2O5/c1-13(6-3-4-11-23)20(26)15-12-14(8-9-16(15)21-19(20)25)22-10-5-7-17(27-2)18(22)24/h3,5-10,12-13,23,26H,4,11H2,1-2H3,(H,21,25)/b6-3+/t13-,20+/m1/s1. The number of carbonyl (C=O) groups is 1. The van der Waals surface area contributed by atoms with E-state index in [0.717, 1.165) is 0 Å². The van der Waals surface area contributed by atoms with E-state index in [1.54, 1.807) is 55.6 Å². The molecule has 7 heteroatoms. The maximum atomic E-state index is 12.5. The first-order chi connectivity index (χ1) is 12.9. The molecule has 1 aliphatic heterocycles. The van der Waals surface area contributed by atoms with Gasteiger partial charge in [-0.05, 0) is 36.8 Å². The molecule has 0 aliphatic carbocycles. The molecule has 0 radical (unpaired) electrons. The molecule has 0 unspecified atom stereocenters. The van der Waals surface area contributed by atoms with Crippen LogP contribution in [0.4, 0.5) is 5.69 Å². The molecule has 2 aromatic rings. The number of anilines is 1. The van der Waals surface area contributed by atoms with Gasteiger partial charge in [0, 0.05) is 35.7 Å². The van der Waals surface area contributed by atoms with Gasteiger partial charge < -0.3 is 20.3 Å². The van der Waals surface area contributed by atoms with E-state index >= 15 is 0 Å². The van der Waals surface area contributed by atoms with E-state index in [4.69, 9.17) is 9.84 Å². The molecule has 0 saturated carbocycles. The van der Waals surface area contributed by atoms with Gasteiger partial charge in [0.15, 0.2) is 11.4 Å². The quantitative estimate of drug-likeness (QED) is 0.670. The summed E-state index contributed by atoms with van der Waals surface area (Å²) >= 11 is 0. The number of hydrogen-bond donors (Lipinski definition) is 3. The highest BCUT2D eigenvalue weighted by Gasteiger charge is 2.48. The predicted molar refractivity (Wildman–Crippen MR) is 101 cm³/mol. The number of carbonyl (C=O) groups excluding carboxylic acids is 1. The van der Waals surface area contributed by atoms with Crippen LogP contribution in [0.25, 0.3) is 5.69 Å². The van der Waals surface area contributed by atoms with Crippen molar-refractivity contribution in [1.29, 1.82) is 0 Å². The van der Waals surface area contributed by atoms with E-state index in [1.807, 2.05) is 0 Å². The minimum atomic E-state index is -1.76. The molecule has 142 valence electrons. The zero-order valence-electron chi connectivity index (χ0n) is 15.2. The number of nitrogens with one attached hydrogen (secondary N) is 1. The number of hydrogen-bond acceptors (Lipinski definition) is 5. The van der Waals surface area contributed by atoms with Crippen molar-refractivity contribution >= 4 is 11.6 Å². The van der Waals surface area contributed by atoms with Crippen LogP contribution < -0.4 is 15.6 Å². The normalized spacial score (nSPS) is 19.8. The second-order valence-corrected chi connectivity index (χ2v) is 6.43. The number of nitrogens with zero attached hydrogens (tertiary/aromatic N) is 1. The smallest absolute Gasteiger partial charge is 0.297 e. The minimum Gasteiger partial charge on any atom is -0.491 e.